The summed E-state index contributed by atoms with van der Waals surface area (Å²) in [4.78, 5) is 16.4. The molecule has 1 atom stereocenters. The zero-order valence-corrected chi connectivity index (χ0v) is 14.9. The Hall–Kier alpha value is -2.90. The Morgan fingerprint density at radius 2 is 2.20 bits per heavy atom. The number of amides is 1. The summed E-state index contributed by atoms with van der Waals surface area (Å²) < 4.78 is 3.82. The van der Waals surface area contributed by atoms with Gasteiger partial charge in [-0.2, -0.15) is 10.2 Å². The summed E-state index contributed by atoms with van der Waals surface area (Å²) in [5, 5.41) is 14.4. The molecule has 25 heavy (non-hydrogen) atoms. The Morgan fingerprint density at radius 1 is 1.40 bits per heavy atom. The largest absolute Gasteiger partial charge is 0.350 e. The number of rotatable bonds is 6. The number of aromatic nitrogens is 6. The molecule has 0 unspecified atom stereocenters. The molecule has 0 aliphatic heterocycles. The molecule has 0 radical (unpaired) electrons. The molecule has 8 heteroatoms. The Morgan fingerprint density at radius 3 is 2.84 bits per heavy atom. The molecule has 3 aromatic heterocycles. The zero-order chi connectivity index (χ0) is 18.0. The number of aromatic amines is 1. The molecule has 1 amide bonds. The van der Waals surface area contributed by atoms with Crippen molar-refractivity contribution in [1.82, 2.24) is 34.8 Å². The molecule has 0 saturated heterocycles. The van der Waals surface area contributed by atoms with E-state index in [4.69, 9.17) is 0 Å². The Balaban J connectivity index is 1.63. The highest BCUT2D eigenvalue weighted by atomic mass is 16.1. The van der Waals surface area contributed by atoms with Crippen LogP contribution >= 0.6 is 0 Å². The number of carbonyl (C=O) groups excluding carboxylic acids is 1. The summed E-state index contributed by atoms with van der Waals surface area (Å²) in [6.45, 7) is 7.40. The zero-order valence-electron chi connectivity index (χ0n) is 14.9. The lowest BCUT2D eigenvalue weighted by atomic mass is 10.1. The van der Waals surface area contributed by atoms with E-state index >= 15 is 0 Å². The van der Waals surface area contributed by atoms with Crippen LogP contribution in [0.4, 0.5) is 0 Å². The van der Waals surface area contributed by atoms with Crippen molar-refractivity contribution in [3.8, 4) is 11.3 Å². The van der Waals surface area contributed by atoms with Gasteiger partial charge in [0.25, 0.3) is 5.91 Å². The maximum absolute atomic E-state index is 12.3. The molecule has 0 saturated carbocycles. The van der Waals surface area contributed by atoms with E-state index in [1.807, 2.05) is 36.3 Å². The van der Waals surface area contributed by atoms with Crippen LogP contribution in [0.3, 0.4) is 0 Å². The predicted molar refractivity (Wildman–Crippen MR) is 94.0 cm³/mol. The van der Waals surface area contributed by atoms with Crippen LogP contribution in [-0.2, 0) is 13.6 Å². The van der Waals surface area contributed by atoms with Gasteiger partial charge in [-0.15, -0.1) is 0 Å². The van der Waals surface area contributed by atoms with Crippen molar-refractivity contribution >= 4 is 5.91 Å². The molecule has 0 fully saturated rings. The molecule has 3 aromatic rings. The van der Waals surface area contributed by atoms with Gasteiger partial charge in [0.2, 0.25) is 0 Å². The van der Waals surface area contributed by atoms with Crippen LogP contribution in [0.5, 0.6) is 0 Å². The number of nitrogens with zero attached hydrogens (tertiary/aromatic N) is 5. The smallest absolute Gasteiger partial charge is 0.269 e. The summed E-state index contributed by atoms with van der Waals surface area (Å²) >= 11 is 0. The van der Waals surface area contributed by atoms with Crippen molar-refractivity contribution < 1.29 is 4.79 Å². The Labute approximate surface area is 146 Å². The van der Waals surface area contributed by atoms with Crippen molar-refractivity contribution in [3.63, 3.8) is 0 Å². The molecule has 8 nitrogen and oxygen atoms in total. The van der Waals surface area contributed by atoms with Crippen LogP contribution in [0.1, 0.15) is 28.8 Å². The third kappa shape index (κ3) is 3.62. The molecule has 0 aromatic carbocycles. The third-order valence-corrected chi connectivity index (χ3v) is 4.28. The molecular formula is C17H23N7O. The number of nitrogens with one attached hydrogen (secondary N) is 2. The minimum absolute atomic E-state index is 0.157. The van der Waals surface area contributed by atoms with E-state index in [2.05, 4.69) is 32.5 Å². The first-order chi connectivity index (χ1) is 12.0. The van der Waals surface area contributed by atoms with Gasteiger partial charge in [0.05, 0.1) is 17.7 Å². The lowest BCUT2D eigenvalue weighted by Crippen LogP contribution is -2.30. The predicted octanol–water partition coefficient (Wildman–Crippen LogP) is 1.69. The highest BCUT2D eigenvalue weighted by Crippen LogP contribution is 2.25. The SMILES string of the molecule is Cc1nn(C)c(C)c1-c1cc(C(=O)NC[C@@H](C)Cn2ccnc2)[nH]n1. The van der Waals surface area contributed by atoms with E-state index < -0.39 is 0 Å². The van der Waals surface area contributed by atoms with Crippen molar-refractivity contribution in [2.75, 3.05) is 6.54 Å². The molecule has 3 heterocycles. The maximum atomic E-state index is 12.3. The number of hydrogen-bond acceptors (Lipinski definition) is 4. The van der Waals surface area contributed by atoms with Crippen molar-refractivity contribution in [1.29, 1.82) is 0 Å². The van der Waals surface area contributed by atoms with E-state index in [-0.39, 0.29) is 5.91 Å². The quantitative estimate of drug-likeness (QED) is 0.713. The van der Waals surface area contributed by atoms with Gasteiger partial charge in [0.1, 0.15) is 5.69 Å². The van der Waals surface area contributed by atoms with E-state index in [0.717, 1.165) is 29.2 Å². The summed E-state index contributed by atoms with van der Waals surface area (Å²) in [7, 11) is 1.90. The summed E-state index contributed by atoms with van der Waals surface area (Å²) in [5.74, 6) is 0.138. The van der Waals surface area contributed by atoms with Gasteiger partial charge in [0, 0.05) is 43.8 Å². The fourth-order valence-corrected chi connectivity index (χ4v) is 2.89. The number of carbonyl (C=O) groups is 1. The van der Waals surface area contributed by atoms with E-state index in [0.29, 0.717) is 18.2 Å². The monoisotopic (exact) mass is 341 g/mol. The first-order valence-corrected chi connectivity index (χ1v) is 8.25. The van der Waals surface area contributed by atoms with Crippen molar-refractivity contribution in [2.45, 2.75) is 27.3 Å². The third-order valence-electron chi connectivity index (χ3n) is 4.28. The van der Waals surface area contributed by atoms with E-state index in [1.54, 1.807) is 18.6 Å². The molecule has 0 aliphatic carbocycles. The number of H-pyrrole nitrogens is 1. The van der Waals surface area contributed by atoms with Gasteiger partial charge in [-0.05, 0) is 25.8 Å². The minimum Gasteiger partial charge on any atom is -0.350 e. The Bertz CT molecular complexity index is 860. The topological polar surface area (TPSA) is 93.4 Å². The summed E-state index contributed by atoms with van der Waals surface area (Å²) in [6, 6.07) is 1.77. The van der Waals surface area contributed by atoms with Gasteiger partial charge < -0.3 is 9.88 Å². The summed E-state index contributed by atoms with van der Waals surface area (Å²) in [5.41, 5.74) is 4.07. The van der Waals surface area contributed by atoms with Gasteiger partial charge >= 0.3 is 0 Å². The van der Waals surface area contributed by atoms with Gasteiger partial charge in [0.15, 0.2) is 0 Å². The molecule has 0 spiro atoms. The molecule has 0 aliphatic rings. The average molecular weight is 341 g/mol. The lowest BCUT2D eigenvalue weighted by Gasteiger charge is -2.12. The fraction of sp³-hybridized carbons (Fsp3) is 0.412. The van der Waals surface area contributed by atoms with Crippen LogP contribution < -0.4 is 5.32 Å². The van der Waals surface area contributed by atoms with Crippen LogP contribution in [0.15, 0.2) is 24.8 Å². The van der Waals surface area contributed by atoms with Gasteiger partial charge in [-0.3, -0.25) is 14.6 Å². The summed E-state index contributed by atoms with van der Waals surface area (Å²) in [6.07, 6.45) is 5.44. The Kier molecular flexibility index (Phi) is 4.69. The molecule has 132 valence electrons. The normalized spacial score (nSPS) is 12.3. The van der Waals surface area contributed by atoms with Crippen LogP contribution in [0.2, 0.25) is 0 Å². The van der Waals surface area contributed by atoms with E-state index in [9.17, 15) is 4.79 Å². The fourth-order valence-electron chi connectivity index (χ4n) is 2.89. The lowest BCUT2D eigenvalue weighted by molar-refractivity contribution is 0.0942. The highest BCUT2D eigenvalue weighted by Gasteiger charge is 2.17. The van der Waals surface area contributed by atoms with Crippen molar-refractivity contribution in [3.05, 3.63) is 41.9 Å². The minimum atomic E-state index is -0.157. The number of hydrogen-bond donors (Lipinski definition) is 2. The number of imidazole rings is 1. The van der Waals surface area contributed by atoms with Gasteiger partial charge in [-0.25, -0.2) is 4.98 Å². The van der Waals surface area contributed by atoms with Crippen LogP contribution in [0.25, 0.3) is 11.3 Å². The van der Waals surface area contributed by atoms with Crippen molar-refractivity contribution in [2.24, 2.45) is 13.0 Å². The van der Waals surface area contributed by atoms with Gasteiger partial charge in [-0.1, -0.05) is 6.92 Å². The number of aryl methyl sites for hydroxylation is 2. The second-order valence-electron chi connectivity index (χ2n) is 6.41. The molecule has 3 rings (SSSR count). The first-order valence-electron chi connectivity index (χ1n) is 8.25. The van der Waals surface area contributed by atoms with Crippen LogP contribution in [-0.4, -0.2) is 42.0 Å². The molecular weight excluding hydrogens is 318 g/mol. The highest BCUT2D eigenvalue weighted by molar-refractivity contribution is 5.93. The maximum Gasteiger partial charge on any atom is 0.269 e. The molecule has 0 bridgehead atoms. The first kappa shape index (κ1) is 16.9. The average Bonchev–Trinajstić information content (AvgIpc) is 3.28. The second-order valence-corrected chi connectivity index (χ2v) is 6.41. The second kappa shape index (κ2) is 6.92. The molecule has 2 N–H and O–H groups in total. The van der Waals surface area contributed by atoms with E-state index in [1.165, 1.54) is 0 Å². The van der Waals surface area contributed by atoms with Crippen LogP contribution in [0, 0.1) is 19.8 Å². The standard InChI is InChI=1S/C17H23N7O/c1-11(9-24-6-5-18-10-24)8-19-17(25)15-7-14(20-21-15)16-12(2)22-23(4)13(16)3/h5-7,10-11H,8-9H2,1-4H3,(H,19,25)(H,20,21)/t11-/m1/s1.